The number of hydrogen-bond donors (Lipinski definition) is 1. The summed E-state index contributed by atoms with van der Waals surface area (Å²) in [7, 11) is 0. The van der Waals surface area contributed by atoms with Gasteiger partial charge < -0.3 is 5.73 Å². The molecule has 0 radical (unpaired) electrons. The van der Waals surface area contributed by atoms with E-state index in [0.717, 1.165) is 35.6 Å². The van der Waals surface area contributed by atoms with E-state index in [1.807, 2.05) is 23.1 Å². The van der Waals surface area contributed by atoms with Crippen LogP contribution in [0, 0.1) is 13.8 Å². The first-order chi connectivity index (χ1) is 11.0. The molecule has 120 valence electrons. The second-order valence-electron chi connectivity index (χ2n) is 6.25. The molecule has 0 saturated carbocycles. The highest BCUT2D eigenvalue weighted by atomic mass is 16.2. The lowest BCUT2D eigenvalue weighted by atomic mass is 10.1. The van der Waals surface area contributed by atoms with Crippen molar-refractivity contribution in [2.45, 2.75) is 26.8 Å². The molecule has 4 heteroatoms. The SMILES string of the molecule is Cc1cccc(C)c1N1CN(Cc2ccc(N)cc2)CCC1=O. The van der Waals surface area contributed by atoms with E-state index in [-0.39, 0.29) is 5.91 Å². The average molecular weight is 309 g/mol. The third-order valence-electron chi connectivity index (χ3n) is 4.38. The Labute approximate surface area is 137 Å². The fourth-order valence-corrected chi connectivity index (χ4v) is 3.18. The van der Waals surface area contributed by atoms with Crippen LogP contribution in [0.4, 0.5) is 11.4 Å². The van der Waals surface area contributed by atoms with Crippen LogP contribution < -0.4 is 10.6 Å². The number of amides is 1. The minimum Gasteiger partial charge on any atom is -0.399 e. The fourth-order valence-electron chi connectivity index (χ4n) is 3.18. The van der Waals surface area contributed by atoms with E-state index >= 15 is 0 Å². The molecule has 2 N–H and O–H groups in total. The number of para-hydroxylation sites is 1. The van der Waals surface area contributed by atoms with Gasteiger partial charge in [-0.1, -0.05) is 30.3 Å². The Balaban J connectivity index is 1.79. The van der Waals surface area contributed by atoms with Gasteiger partial charge in [0.15, 0.2) is 0 Å². The summed E-state index contributed by atoms with van der Waals surface area (Å²) in [6.45, 7) is 6.39. The molecule has 0 spiro atoms. The van der Waals surface area contributed by atoms with Crippen LogP contribution in [-0.4, -0.2) is 24.0 Å². The van der Waals surface area contributed by atoms with Gasteiger partial charge in [0.1, 0.15) is 0 Å². The molecule has 1 saturated heterocycles. The van der Waals surface area contributed by atoms with Crippen molar-refractivity contribution in [1.29, 1.82) is 0 Å². The van der Waals surface area contributed by atoms with Gasteiger partial charge in [-0.05, 0) is 42.7 Å². The number of carbonyl (C=O) groups is 1. The standard InChI is InChI=1S/C19H23N3O/c1-14-4-3-5-15(2)19(14)22-13-21(11-10-18(22)23)12-16-6-8-17(20)9-7-16/h3-9H,10-13,20H2,1-2H3. The van der Waals surface area contributed by atoms with Crippen LogP contribution in [0.3, 0.4) is 0 Å². The third kappa shape index (κ3) is 3.37. The monoisotopic (exact) mass is 309 g/mol. The molecule has 4 nitrogen and oxygen atoms in total. The number of anilines is 2. The lowest BCUT2D eigenvalue weighted by Gasteiger charge is -2.37. The van der Waals surface area contributed by atoms with Crippen LogP contribution in [0.1, 0.15) is 23.1 Å². The highest BCUT2D eigenvalue weighted by Crippen LogP contribution is 2.27. The average Bonchev–Trinajstić information content (AvgIpc) is 2.52. The lowest BCUT2D eigenvalue weighted by molar-refractivity contribution is -0.121. The summed E-state index contributed by atoms with van der Waals surface area (Å²) in [5, 5.41) is 0. The van der Waals surface area contributed by atoms with Crippen molar-refractivity contribution in [2.24, 2.45) is 0 Å². The summed E-state index contributed by atoms with van der Waals surface area (Å²) in [6, 6.07) is 14.1. The predicted octanol–water partition coefficient (Wildman–Crippen LogP) is 3.08. The van der Waals surface area contributed by atoms with Crippen LogP contribution in [0.2, 0.25) is 0 Å². The number of carbonyl (C=O) groups excluding carboxylic acids is 1. The Morgan fingerprint density at radius 3 is 2.35 bits per heavy atom. The van der Waals surface area contributed by atoms with E-state index in [9.17, 15) is 4.79 Å². The second-order valence-corrected chi connectivity index (χ2v) is 6.25. The summed E-state index contributed by atoms with van der Waals surface area (Å²) in [6.07, 6.45) is 0.558. The quantitative estimate of drug-likeness (QED) is 0.886. The number of aryl methyl sites for hydroxylation is 2. The molecule has 1 amide bonds. The molecule has 23 heavy (non-hydrogen) atoms. The zero-order valence-electron chi connectivity index (χ0n) is 13.7. The summed E-state index contributed by atoms with van der Waals surface area (Å²) in [5.74, 6) is 0.205. The number of hydrogen-bond acceptors (Lipinski definition) is 3. The first kappa shape index (κ1) is 15.6. The maximum atomic E-state index is 12.4. The van der Waals surface area contributed by atoms with Crippen molar-refractivity contribution in [3.05, 3.63) is 59.2 Å². The maximum Gasteiger partial charge on any atom is 0.229 e. The molecule has 0 aliphatic carbocycles. The zero-order chi connectivity index (χ0) is 16.4. The Morgan fingerprint density at radius 1 is 1.04 bits per heavy atom. The van der Waals surface area contributed by atoms with Crippen molar-refractivity contribution in [2.75, 3.05) is 23.8 Å². The van der Waals surface area contributed by atoms with Gasteiger partial charge in [-0.2, -0.15) is 0 Å². The van der Waals surface area contributed by atoms with Gasteiger partial charge in [-0.25, -0.2) is 0 Å². The van der Waals surface area contributed by atoms with E-state index < -0.39 is 0 Å². The smallest absolute Gasteiger partial charge is 0.229 e. The first-order valence-electron chi connectivity index (χ1n) is 7.98. The highest BCUT2D eigenvalue weighted by molar-refractivity contribution is 5.95. The van der Waals surface area contributed by atoms with Crippen LogP contribution in [-0.2, 0) is 11.3 Å². The summed E-state index contributed by atoms with van der Waals surface area (Å²) >= 11 is 0. The van der Waals surface area contributed by atoms with Gasteiger partial charge in [0.25, 0.3) is 0 Å². The number of nitrogens with zero attached hydrogens (tertiary/aromatic N) is 2. The summed E-state index contributed by atoms with van der Waals surface area (Å²) in [5.41, 5.74) is 11.1. The molecule has 1 aliphatic rings. The molecule has 1 fully saturated rings. The molecule has 1 aliphatic heterocycles. The fraction of sp³-hybridized carbons (Fsp3) is 0.316. The zero-order valence-corrected chi connectivity index (χ0v) is 13.7. The third-order valence-corrected chi connectivity index (χ3v) is 4.38. The highest BCUT2D eigenvalue weighted by Gasteiger charge is 2.26. The molecule has 0 bridgehead atoms. The Bertz CT molecular complexity index is 689. The van der Waals surface area contributed by atoms with E-state index in [0.29, 0.717) is 13.1 Å². The van der Waals surface area contributed by atoms with Gasteiger partial charge in [-0.3, -0.25) is 14.6 Å². The number of benzene rings is 2. The molecule has 2 aromatic carbocycles. The minimum absolute atomic E-state index is 0.205. The molecular weight excluding hydrogens is 286 g/mol. The van der Waals surface area contributed by atoms with Crippen molar-refractivity contribution in [3.8, 4) is 0 Å². The van der Waals surface area contributed by atoms with Gasteiger partial charge >= 0.3 is 0 Å². The van der Waals surface area contributed by atoms with Crippen LogP contribution in [0.15, 0.2) is 42.5 Å². The molecule has 0 aromatic heterocycles. The Morgan fingerprint density at radius 2 is 1.70 bits per heavy atom. The summed E-state index contributed by atoms with van der Waals surface area (Å²) < 4.78 is 0. The molecule has 0 atom stereocenters. The van der Waals surface area contributed by atoms with Crippen LogP contribution in [0.5, 0.6) is 0 Å². The summed E-state index contributed by atoms with van der Waals surface area (Å²) in [4.78, 5) is 16.7. The molecule has 0 unspecified atom stereocenters. The Kier molecular flexibility index (Phi) is 4.35. The first-order valence-corrected chi connectivity index (χ1v) is 7.98. The largest absolute Gasteiger partial charge is 0.399 e. The van der Waals surface area contributed by atoms with Gasteiger partial charge in [0.05, 0.1) is 12.4 Å². The van der Waals surface area contributed by atoms with E-state index in [2.05, 4.69) is 43.0 Å². The maximum absolute atomic E-state index is 12.4. The van der Waals surface area contributed by atoms with E-state index in [1.54, 1.807) is 0 Å². The van der Waals surface area contributed by atoms with E-state index in [4.69, 9.17) is 5.73 Å². The molecule has 1 heterocycles. The lowest BCUT2D eigenvalue weighted by Crippen LogP contribution is -2.48. The van der Waals surface area contributed by atoms with Gasteiger partial charge in [0.2, 0.25) is 5.91 Å². The second kappa shape index (κ2) is 6.42. The van der Waals surface area contributed by atoms with Crippen molar-refractivity contribution < 1.29 is 4.79 Å². The molecule has 2 aromatic rings. The predicted molar refractivity (Wildman–Crippen MR) is 94.2 cm³/mol. The molecular formula is C19H23N3O. The topological polar surface area (TPSA) is 49.6 Å². The van der Waals surface area contributed by atoms with Crippen LogP contribution in [0.25, 0.3) is 0 Å². The molecule has 3 rings (SSSR count). The van der Waals surface area contributed by atoms with Crippen molar-refractivity contribution in [3.63, 3.8) is 0 Å². The van der Waals surface area contributed by atoms with Gasteiger partial charge in [-0.15, -0.1) is 0 Å². The number of nitrogen functional groups attached to an aromatic ring is 1. The van der Waals surface area contributed by atoms with E-state index in [1.165, 1.54) is 5.56 Å². The van der Waals surface area contributed by atoms with Crippen molar-refractivity contribution >= 4 is 17.3 Å². The van der Waals surface area contributed by atoms with Crippen LogP contribution >= 0.6 is 0 Å². The number of nitrogens with two attached hydrogens (primary N) is 1. The number of rotatable bonds is 3. The minimum atomic E-state index is 0.205. The Hall–Kier alpha value is -2.33. The van der Waals surface area contributed by atoms with Crippen molar-refractivity contribution in [1.82, 2.24) is 4.90 Å². The van der Waals surface area contributed by atoms with Gasteiger partial charge in [0, 0.05) is 25.2 Å². The normalized spacial score (nSPS) is 15.9.